The Labute approximate surface area is 222 Å². The lowest BCUT2D eigenvalue weighted by Crippen LogP contribution is -2.58. The molecule has 1 rings (SSSR count). The molecule has 15 nitrogen and oxygen atoms in total. The maximum atomic E-state index is 13.2. The summed E-state index contributed by atoms with van der Waals surface area (Å²) in [5, 5.41) is 17.3. The van der Waals surface area contributed by atoms with Gasteiger partial charge in [0.2, 0.25) is 17.7 Å². The Balaban J connectivity index is 2.89. The normalized spacial score (nSPS) is 14.1. The van der Waals surface area contributed by atoms with Gasteiger partial charge in [0.25, 0.3) is 0 Å². The van der Waals surface area contributed by atoms with Gasteiger partial charge in [0, 0.05) is 24.9 Å². The fourth-order valence-electron chi connectivity index (χ4n) is 3.58. The molecule has 0 aromatic carbocycles. The number of nitrogens with one attached hydrogen (secondary N) is 4. The second-order valence-corrected chi connectivity index (χ2v) is 9.31. The number of guanidine groups is 1. The molecule has 1 aromatic rings. The number of H-pyrrole nitrogens is 1. The third-order valence-electron chi connectivity index (χ3n) is 5.72. The number of aromatic nitrogens is 2. The maximum absolute atomic E-state index is 13.2. The van der Waals surface area contributed by atoms with Crippen LogP contribution in [0.3, 0.4) is 0 Å². The van der Waals surface area contributed by atoms with Gasteiger partial charge < -0.3 is 49.0 Å². The first-order chi connectivity index (χ1) is 18.0. The van der Waals surface area contributed by atoms with E-state index in [9.17, 15) is 24.3 Å². The largest absolute Gasteiger partial charge is 0.480 e. The van der Waals surface area contributed by atoms with Crippen molar-refractivity contribution in [1.82, 2.24) is 25.9 Å². The number of imidazole rings is 1. The van der Waals surface area contributed by atoms with Crippen molar-refractivity contribution >= 4 is 29.7 Å². The Bertz CT molecular complexity index is 918. The molecule has 1 aromatic heterocycles. The van der Waals surface area contributed by atoms with Crippen LogP contribution in [-0.2, 0) is 25.6 Å². The number of aliphatic imine (C=N–C) groups is 1. The van der Waals surface area contributed by atoms with E-state index in [2.05, 4.69) is 30.9 Å². The third-order valence-corrected chi connectivity index (χ3v) is 5.72. The first-order valence-corrected chi connectivity index (χ1v) is 12.6. The number of hydrogen-bond acceptors (Lipinski definition) is 8. The van der Waals surface area contributed by atoms with E-state index in [-0.39, 0.29) is 37.7 Å². The number of nitrogens with zero attached hydrogens (tertiary/aromatic N) is 2. The van der Waals surface area contributed by atoms with Gasteiger partial charge in [0.1, 0.15) is 18.1 Å². The zero-order valence-corrected chi connectivity index (χ0v) is 22.0. The maximum Gasteiger partial charge on any atom is 0.326 e. The minimum atomic E-state index is -1.23. The van der Waals surface area contributed by atoms with Crippen LogP contribution < -0.4 is 38.9 Å². The van der Waals surface area contributed by atoms with E-state index in [1.165, 1.54) is 6.33 Å². The van der Waals surface area contributed by atoms with Crippen molar-refractivity contribution in [3.63, 3.8) is 0 Å². The Morgan fingerprint density at radius 3 is 2.21 bits per heavy atom. The van der Waals surface area contributed by atoms with Crippen molar-refractivity contribution in [2.75, 3.05) is 13.1 Å². The fraction of sp³-hybridized carbons (Fsp3) is 0.652. The summed E-state index contributed by atoms with van der Waals surface area (Å²) in [4.78, 5) is 61.1. The van der Waals surface area contributed by atoms with Gasteiger partial charge in [-0.1, -0.05) is 13.8 Å². The number of aromatic amines is 1. The molecule has 4 atom stereocenters. The summed E-state index contributed by atoms with van der Waals surface area (Å²) >= 11 is 0. The fourth-order valence-corrected chi connectivity index (χ4v) is 3.58. The minimum absolute atomic E-state index is 0.0835. The second-order valence-electron chi connectivity index (χ2n) is 9.31. The lowest BCUT2D eigenvalue weighted by molar-refractivity contribution is -0.142. The molecule has 0 saturated carbocycles. The zero-order valence-electron chi connectivity index (χ0n) is 22.0. The van der Waals surface area contributed by atoms with Gasteiger partial charge in [-0.25, -0.2) is 9.78 Å². The zero-order chi connectivity index (χ0) is 28.7. The van der Waals surface area contributed by atoms with Gasteiger partial charge in [0.15, 0.2) is 5.96 Å². The number of carboxylic acids is 1. The van der Waals surface area contributed by atoms with E-state index in [0.717, 1.165) is 0 Å². The molecule has 0 bridgehead atoms. The summed E-state index contributed by atoms with van der Waals surface area (Å²) in [7, 11) is 0. The summed E-state index contributed by atoms with van der Waals surface area (Å²) in [6.07, 6.45) is 4.97. The van der Waals surface area contributed by atoms with Crippen molar-refractivity contribution < 1.29 is 24.3 Å². The number of carboxylic acid groups (broad SMARTS) is 1. The molecule has 0 aliphatic carbocycles. The molecule has 0 aliphatic rings. The smallest absolute Gasteiger partial charge is 0.326 e. The molecular formula is C23H42N10O5. The van der Waals surface area contributed by atoms with Crippen molar-refractivity contribution in [2.45, 2.75) is 76.5 Å². The molecule has 0 saturated heterocycles. The van der Waals surface area contributed by atoms with Gasteiger partial charge >= 0.3 is 5.97 Å². The monoisotopic (exact) mass is 538 g/mol. The Morgan fingerprint density at radius 2 is 1.66 bits per heavy atom. The Morgan fingerprint density at radius 1 is 1.00 bits per heavy atom. The van der Waals surface area contributed by atoms with E-state index < -0.39 is 47.9 Å². The van der Waals surface area contributed by atoms with Crippen LogP contribution in [0.25, 0.3) is 0 Å². The second kappa shape index (κ2) is 16.9. The number of rotatable bonds is 18. The number of nitrogens with two attached hydrogens (primary N) is 4. The Hall–Kier alpha value is -3.72. The summed E-state index contributed by atoms with van der Waals surface area (Å²) in [5.74, 6) is -3.45. The summed E-state index contributed by atoms with van der Waals surface area (Å²) < 4.78 is 0. The van der Waals surface area contributed by atoms with E-state index in [1.54, 1.807) is 20.0 Å². The van der Waals surface area contributed by atoms with Crippen molar-refractivity contribution in [3.05, 3.63) is 18.2 Å². The average Bonchev–Trinajstić information content (AvgIpc) is 3.35. The summed E-state index contributed by atoms with van der Waals surface area (Å²) in [6, 6.07) is -4.14. The topological polar surface area (TPSA) is 270 Å². The van der Waals surface area contributed by atoms with Gasteiger partial charge in [-0.05, 0) is 44.6 Å². The molecule has 0 radical (unpaired) electrons. The van der Waals surface area contributed by atoms with Gasteiger partial charge in [0.05, 0.1) is 12.4 Å². The van der Waals surface area contributed by atoms with Crippen LogP contribution in [0.15, 0.2) is 17.5 Å². The number of aliphatic carboxylic acids is 1. The van der Waals surface area contributed by atoms with Crippen LogP contribution in [0.2, 0.25) is 0 Å². The molecule has 0 aliphatic heterocycles. The van der Waals surface area contributed by atoms with Crippen LogP contribution in [0, 0.1) is 5.92 Å². The molecule has 0 spiro atoms. The highest BCUT2D eigenvalue weighted by atomic mass is 16.4. The van der Waals surface area contributed by atoms with Crippen LogP contribution in [0.5, 0.6) is 0 Å². The summed E-state index contributed by atoms with van der Waals surface area (Å²) in [6.45, 7) is 4.08. The van der Waals surface area contributed by atoms with Crippen molar-refractivity contribution in [1.29, 1.82) is 0 Å². The molecule has 15 heteroatoms. The molecule has 0 fully saturated rings. The van der Waals surface area contributed by atoms with E-state index in [4.69, 9.17) is 22.9 Å². The predicted octanol–water partition coefficient (Wildman–Crippen LogP) is -2.34. The highest BCUT2D eigenvalue weighted by Crippen LogP contribution is 2.08. The lowest BCUT2D eigenvalue weighted by atomic mass is 10.0. The van der Waals surface area contributed by atoms with Gasteiger partial charge in [-0.2, -0.15) is 0 Å². The minimum Gasteiger partial charge on any atom is -0.480 e. The van der Waals surface area contributed by atoms with Crippen LogP contribution in [0.4, 0.5) is 0 Å². The van der Waals surface area contributed by atoms with E-state index in [1.807, 2.05) is 0 Å². The SMILES string of the molecule is CC(C)C(NC(=O)C(N)Cc1cnc[nH]1)C(=O)NC(CCCCN)C(=O)NC(CCCN=C(N)N)C(=O)O. The van der Waals surface area contributed by atoms with Crippen LogP contribution in [-0.4, -0.2) is 82.0 Å². The van der Waals surface area contributed by atoms with E-state index >= 15 is 0 Å². The highest BCUT2D eigenvalue weighted by molar-refractivity contribution is 5.94. The molecular weight excluding hydrogens is 496 g/mol. The molecule has 1 heterocycles. The van der Waals surface area contributed by atoms with Crippen LogP contribution in [0.1, 0.15) is 51.6 Å². The summed E-state index contributed by atoms with van der Waals surface area (Å²) in [5.41, 5.74) is 22.8. The van der Waals surface area contributed by atoms with Crippen molar-refractivity contribution in [3.8, 4) is 0 Å². The number of hydrogen-bond donors (Lipinski definition) is 9. The molecule has 13 N–H and O–H groups in total. The lowest BCUT2D eigenvalue weighted by Gasteiger charge is -2.27. The number of unbranched alkanes of at least 4 members (excludes halogenated alkanes) is 1. The number of carbonyl (C=O) groups excluding carboxylic acids is 3. The molecule has 214 valence electrons. The average molecular weight is 539 g/mol. The quantitative estimate of drug-likeness (QED) is 0.0545. The highest BCUT2D eigenvalue weighted by Gasteiger charge is 2.31. The first-order valence-electron chi connectivity index (χ1n) is 12.6. The van der Waals surface area contributed by atoms with Gasteiger partial charge in [-0.15, -0.1) is 0 Å². The first kappa shape index (κ1) is 32.3. The number of amides is 3. The molecule has 38 heavy (non-hydrogen) atoms. The van der Waals surface area contributed by atoms with Gasteiger partial charge in [-0.3, -0.25) is 19.4 Å². The molecule has 3 amide bonds. The molecule has 4 unspecified atom stereocenters. The third kappa shape index (κ3) is 12.0. The predicted molar refractivity (Wildman–Crippen MR) is 141 cm³/mol. The van der Waals surface area contributed by atoms with Crippen LogP contribution >= 0.6 is 0 Å². The standard InChI is InChI=1S/C23H42N10O5/c1-13(2)18(33-19(34)15(25)10-14-11-28-12-30-14)21(36)31-16(6-3-4-8-24)20(35)32-17(22(37)38)7-5-9-29-23(26)27/h11-13,15-18H,3-10,24-25H2,1-2H3,(H,28,30)(H,31,36)(H,32,35)(H,33,34)(H,37,38)(H4,26,27,29). The Kier molecular flexibility index (Phi) is 14.4. The van der Waals surface area contributed by atoms with Crippen molar-refractivity contribution in [2.24, 2.45) is 33.8 Å². The van der Waals surface area contributed by atoms with E-state index in [0.29, 0.717) is 31.5 Å². The number of carbonyl (C=O) groups is 4.